The van der Waals surface area contributed by atoms with Crippen molar-refractivity contribution in [3.63, 3.8) is 0 Å². The van der Waals surface area contributed by atoms with Crippen LogP contribution in [0.15, 0.2) is 0 Å². The summed E-state index contributed by atoms with van der Waals surface area (Å²) >= 11 is 0. The number of carbonyl (C=O) groups excluding carboxylic acids is 1. The number of carbonyl (C=O) groups is 1. The molecular weight excluding hydrogens is 483 g/mol. The van der Waals surface area contributed by atoms with E-state index in [-0.39, 0.29) is 6.42 Å². The predicted octanol–water partition coefficient (Wildman–Crippen LogP) is 7.98. The van der Waals surface area contributed by atoms with Crippen molar-refractivity contribution in [2.24, 2.45) is 0 Å². The second kappa shape index (κ2) is 17.5. The van der Waals surface area contributed by atoms with E-state index in [9.17, 15) is 35.2 Å². The van der Waals surface area contributed by atoms with Crippen LogP contribution < -0.4 is 0 Å². The van der Waals surface area contributed by atoms with Gasteiger partial charge in [0.25, 0.3) is 6.10 Å². The summed E-state index contributed by atoms with van der Waals surface area (Å²) in [6.07, 6.45) is 7.85. The van der Waals surface area contributed by atoms with Gasteiger partial charge in [-0.2, -0.15) is 30.4 Å². The third kappa shape index (κ3) is 15.1. The zero-order valence-corrected chi connectivity index (χ0v) is 21.0. The minimum atomic E-state index is -6.41. The van der Waals surface area contributed by atoms with Crippen LogP contribution in [-0.2, 0) is 19.6 Å². The molecule has 0 rings (SSSR count). The van der Waals surface area contributed by atoms with Crippen LogP contribution in [0.2, 0.25) is 0 Å². The monoisotopic (exact) mass is 524 g/mol. The topological polar surface area (TPSA) is 80.7 Å². The van der Waals surface area contributed by atoms with Crippen molar-refractivity contribution >= 4 is 16.1 Å². The molecular formula is C23H41F5O5S. The number of alkyl halides is 5. The Morgan fingerprint density at radius 3 is 1.32 bits per heavy atom. The van der Waals surface area contributed by atoms with Crippen LogP contribution in [0.5, 0.6) is 0 Å². The van der Waals surface area contributed by atoms with Gasteiger partial charge in [0.2, 0.25) is 0 Å². The minimum absolute atomic E-state index is 0.138. The van der Waals surface area contributed by atoms with E-state index in [1.54, 1.807) is 0 Å². The van der Waals surface area contributed by atoms with Crippen molar-refractivity contribution in [2.75, 3.05) is 0 Å². The Labute approximate surface area is 200 Å². The van der Waals surface area contributed by atoms with E-state index in [0.29, 0.717) is 6.42 Å². The molecule has 0 aliphatic heterocycles. The SMILES string of the molecule is CCCCCCCCCCCCCCCCCCCC(=O)OC(C(F)(F)F)C(F)(F)S(=O)(=O)O. The van der Waals surface area contributed by atoms with E-state index >= 15 is 0 Å². The molecule has 0 saturated heterocycles. The second-order valence-electron chi connectivity index (χ2n) is 8.86. The van der Waals surface area contributed by atoms with E-state index in [2.05, 4.69) is 11.7 Å². The van der Waals surface area contributed by atoms with E-state index in [0.717, 1.165) is 32.1 Å². The number of halogens is 5. The molecule has 0 aromatic rings. The molecule has 0 aliphatic carbocycles. The van der Waals surface area contributed by atoms with Crippen LogP contribution in [0.3, 0.4) is 0 Å². The quantitative estimate of drug-likeness (QED) is 0.0712. The highest BCUT2D eigenvalue weighted by Crippen LogP contribution is 2.38. The molecule has 204 valence electrons. The fourth-order valence-electron chi connectivity index (χ4n) is 3.65. The number of hydrogen-bond donors (Lipinski definition) is 1. The van der Waals surface area contributed by atoms with Crippen molar-refractivity contribution in [1.29, 1.82) is 0 Å². The molecule has 0 fully saturated rings. The molecule has 1 unspecified atom stereocenters. The normalized spacial score (nSPS) is 13.7. The highest BCUT2D eigenvalue weighted by atomic mass is 32.2. The standard InChI is InChI=1S/C23H41F5O5S/c1-2-3-4-5-6-7-8-9-10-11-12-13-14-15-16-17-18-19-20(29)33-21(22(24,25)26)23(27,28)34(30,31)32/h21H,2-19H2,1H3,(H,30,31,32). The number of hydrogen-bond acceptors (Lipinski definition) is 4. The second-order valence-corrected chi connectivity index (χ2v) is 10.3. The first-order chi connectivity index (χ1) is 15.8. The summed E-state index contributed by atoms with van der Waals surface area (Å²) < 4.78 is 98.0. The largest absolute Gasteiger partial charge is 0.445 e. The zero-order valence-electron chi connectivity index (χ0n) is 20.2. The van der Waals surface area contributed by atoms with Gasteiger partial charge < -0.3 is 4.74 Å². The Morgan fingerprint density at radius 1 is 0.706 bits per heavy atom. The summed E-state index contributed by atoms with van der Waals surface area (Å²) in [7, 11) is -6.41. The average molecular weight is 525 g/mol. The highest BCUT2D eigenvalue weighted by Gasteiger charge is 2.65. The van der Waals surface area contributed by atoms with E-state index in [1.165, 1.54) is 64.2 Å². The van der Waals surface area contributed by atoms with Crippen molar-refractivity contribution in [2.45, 2.75) is 140 Å². The summed E-state index contributed by atoms with van der Waals surface area (Å²) in [6.45, 7) is 2.21. The first-order valence-corrected chi connectivity index (χ1v) is 13.9. The van der Waals surface area contributed by atoms with E-state index in [1.807, 2.05) is 0 Å². The van der Waals surface area contributed by atoms with Gasteiger partial charge in [0.15, 0.2) is 0 Å². The van der Waals surface area contributed by atoms with Gasteiger partial charge in [0.05, 0.1) is 0 Å². The Kier molecular flexibility index (Phi) is 17.0. The summed E-state index contributed by atoms with van der Waals surface area (Å²) in [5.74, 6) is -1.59. The fourth-order valence-corrected chi connectivity index (χ4v) is 4.10. The van der Waals surface area contributed by atoms with Crippen LogP contribution in [0.25, 0.3) is 0 Å². The molecule has 0 aromatic carbocycles. The first kappa shape index (κ1) is 33.0. The molecule has 1 N–H and O–H groups in total. The van der Waals surface area contributed by atoms with Crippen molar-refractivity contribution in [1.82, 2.24) is 0 Å². The van der Waals surface area contributed by atoms with Crippen molar-refractivity contribution < 1.29 is 44.5 Å². The molecule has 0 radical (unpaired) electrons. The molecule has 0 aromatic heterocycles. The van der Waals surface area contributed by atoms with Crippen LogP contribution in [0, 0.1) is 0 Å². The van der Waals surface area contributed by atoms with Gasteiger partial charge in [-0.1, -0.05) is 110 Å². The maximum Gasteiger partial charge on any atom is 0.432 e. The van der Waals surface area contributed by atoms with Gasteiger partial charge in [-0.3, -0.25) is 9.35 Å². The molecule has 0 spiro atoms. The molecule has 0 aliphatic rings. The number of esters is 1. The molecule has 1 atom stereocenters. The Morgan fingerprint density at radius 2 is 1.03 bits per heavy atom. The van der Waals surface area contributed by atoms with Gasteiger partial charge in [0.1, 0.15) is 0 Å². The molecule has 0 amide bonds. The number of unbranched alkanes of at least 4 members (excludes halogenated alkanes) is 16. The average Bonchev–Trinajstić information content (AvgIpc) is 2.72. The molecule has 34 heavy (non-hydrogen) atoms. The Bertz CT molecular complexity index is 638. The van der Waals surface area contributed by atoms with Crippen molar-refractivity contribution in [3.8, 4) is 0 Å². The summed E-state index contributed by atoms with van der Waals surface area (Å²) in [5, 5.41) is -5.69. The molecule has 5 nitrogen and oxygen atoms in total. The third-order valence-corrected chi connectivity index (χ3v) is 6.58. The van der Waals surface area contributed by atoms with Gasteiger partial charge in [-0.25, -0.2) is 0 Å². The fraction of sp³-hybridized carbons (Fsp3) is 0.957. The predicted molar refractivity (Wildman–Crippen MR) is 121 cm³/mol. The summed E-state index contributed by atoms with van der Waals surface area (Å²) in [5.41, 5.74) is 0. The number of rotatable bonds is 21. The van der Waals surface area contributed by atoms with Gasteiger partial charge >= 0.3 is 27.5 Å². The van der Waals surface area contributed by atoms with Gasteiger partial charge in [0, 0.05) is 6.42 Å². The van der Waals surface area contributed by atoms with E-state index < -0.39 is 40.0 Å². The maximum atomic E-state index is 13.4. The molecule has 0 bridgehead atoms. The lowest BCUT2D eigenvalue weighted by Crippen LogP contribution is -2.52. The Hall–Kier alpha value is -0.970. The third-order valence-electron chi connectivity index (χ3n) is 5.68. The Balaban J connectivity index is 3.79. The molecule has 0 saturated carbocycles. The van der Waals surface area contributed by atoms with E-state index in [4.69, 9.17) is 4.55 Å². The smallest absolute Gasteiger partial charge is 0.432 e. The van der Waals surface area contributed by atoms with Crippen molar-refractivity contribution in [3.05, 3.63) is 0 Å². The maximum absolute atomic E-state index is 13.4. The zero-order chi connectivity index (χ0) is 26.1. The lowest BCUT2D eigenvalue weighted by Gasteiger charge is -2.26. The van der Waals surface area contributed by atoms with Gasteiger partial charge in [-0.15, -0.1) is 0 Å². The lowest BCUT2D eigenvalue weighted by molar-refractivity contribution is -0.259. The number of ether oxygens (including phenoxy) is 1. The summed E-state index contributed by atoms with van der Waals surface area (Å²) in [4.78, 5) is 11.5. The molecule has 11 heteroatoms. The first-order valence-electron chi connectivity index (χ1n) is 12.4. The minimum Gasteiger partial charge on any atom is -0.445 e. The lowest BCUT2D eigenvalue weighted by atomic mass is 10.0. The van der Waals surface area contributed by atoms with Crippen LogP contribution >= 0.6 is 0 Å². The van der Waals surface area contributed by atoms with Crippen LogP contribution in [0.1, 0.15) is 122 Å². The van der Waals surface area contributed by atoms with Gasteiger partial charge in [-0.05, 0) is 6.42 Å². The van der Waals surface area contributed by atoms with Crippen LogP contribution in [-0.4, -0.2) is 36.5 Å². The summed E-state index contributed by atoms with van der Waals surface area (Å²) in [6, 6.07) is 0. The van der Waals surface area contributed by atoms with Crippen LogP contribution in [0.4, 0.5) is 22.0 Å². The highest BCUT2D eigenvalue weighted by molar-refractivity contribution is 7.86. The molecule has 0 heterocycles.